The van der Waals surface area contributed by atoms with E-state index in [9.17, 15) is 9.59 Å². The molecule has 0 saturated carbocycles. The van der Waals surface area contributed by atoms with E-state index in [0.717, 1.165) is 3.57 Å². The molecule has 0 spiro atoms. The summed E-state index contributed by atoms with van der Waals surface area (Å²) in [4.78, 5) is 24.3. The molecule has 2 aromatic heterocycles. The molecule has 1 aliphatic rings. The van der Waals surface area contributed by atoms with Gasteiger partial charge in [0.15, 0.2) is 5.82 Å². The number of hydrogen-bond donors (Lipinski definition) is 3. The van der Waals surface area contributed by atoms with Gasteiger partial charge in [-0.15, -0.1) is 0 Å². The van der Waals surface area contributed by atoms with Crippen LogP contribution in [0.4, 0.5) is 10.6 Å². The quantitative estimate of drug-likeness (QED) is 0.625. The van der Waals surface area contributed by atoms with E-state index in [2.05, 4.69) is 32.8 Å². The molecule has 106 valence electrons. The number of carboxylic acid groups (broad SMARTS) is 1. The largest absolute Gasteiger partial charge is 0.465 e. The SMILES string of the molecule is Nc1n[nH]c(=O)c2c1c(I)cn2[C@H]1CCN(C(=O)O)C1. The van der Waals surface area contributed by atoms with Crippen molar-refractivity contribution in [1.29, 1.82) is 0 Å². The number of anilines is 1. The Labute approximate surface area is 126 Å². The fourth-order valence-corrected chi connectivity index (χ4v) is 3.45. The molecule has 20 heavy (non-hydrogen) atoms. The van der Waals surface area contributed by atoms with Crippen LogP contribution in [0.3, 0.4) is 0 Å². The Morgan fingerprint density at radius 2 is 2.35 bits per heavy atom. The van der Waals surface area contributed by atoms with E-state index in [1.54, 1.807) is 0 Å². The molecule has 1 amide bonds. The lowest BCUT2D eigenvalue weighted by Gasteiger charge is -2.14. The lowest BCUT2D eigenvalue weighted by atomic mass is 10.2. The van der Waals surface area contributed by atoms with Crippen molar-refractivity contribution in [2.45, 2.75) is 12.5 Å². The summed E-state index contributed by atoms with van der Waals surface area (Å²) in [5.41, 5.74) is 5.95. The van der Waals surface area contributed by atoms with E-state index in [1.807, 2.05) is 10.8 Å². The van der Waals surface area contributed by atoms with E-state index in [1.165, 1.54) is 4.90 Å². The molecule has 3 rings (SSSR count). The number of aromatic amines is 1. The zero-order valence-corrected chi connectivity index (χ0v) is 12.5. The second-order valence-corrected chi connectivity index (χ2v) is 5.88. The number of aromatic nitrogens is 3. The van der Waals surface area contributed by atoms with E-state index < -0.39 is 6.09 Å². The molecule has 0 radical (unpaired) electrons. The number of carbonyl (C=O) groups is 1. The Kier molecular flexibility index (Phi) is 3.07. The van der Waals surface area contributed by atoms with Crippen LogP contribution in [0.15, 0.2) is 11.0 Å². The lowest BCUT2D eigenvalue weighted by molar-refractivity contribution is 0.154. The summed E-state index contributed by atoms with van der Waals surface area (Å²) in [5.74, 6) is 0.274. The first-order valence-corrected chi connectivity index (χ1v) is 7.09. The third-order valence-electron chi connectivity index (χ3n) is 3.56. The van der Waals surface area contributed by atoms with Gasteiger partial charge in [0.25, 0.3) is 5.56 Å². The smallest absolute Gasteiger partial charge is 0.407 e. The molecule has 1 fully saturated rings. The van der Waals surface area contributed by atoms with Gasteiger partial charge in [0.1, 0.15) is 5.52 Å². The van der Waals surface area contributed by atoms with Crippen LogP contribution in [0.25, 0.3) is 10.9 Å². The Bertz CT molecular complexity index is 752. The number of hydrogen-bond acceptors (Lipinski definition) is 4. The number of nitrogens with zero attached hydrogens (tertiary/aromatic N) is 3. The highest BCUT2D eigenvalue weighted by Crippen LogP contribution is 2.30. The number of halogens is 1. The molecule has 9 heteroatoms. The highest BCUT2D eigenvalue weighted by atomic mass is 127. The number of nitrogens with two attached hydrogens (primary N) is 1. The standard InChI is InChI=1S/C11H12IN5O3/c12-6-4-17(5-1-2-16(3-5)11(19)20)8-7(6)9(13)14-15-10(8)18/h4-5H,1-3H2,(H2,13,14)(H,15,18)(H,19,20)/t5-/m0/s1. The van der Waals surface area contributed by atoms with Crippen LogP contribution in [0.1, 0.15) is 12.5 Å². The van der Waals surface area contributed by atoms with Crippen LogP contribution in [0, 0.1) is 3.57 Å². The van der Waals surface area contributed by atoms with Crippen molar-refractivity contribution in [1.82, 2.24) is 19.7 Å². The van der Waals surface area contributed by atoms with Gasteiger partial charge in [0, 0.05) is 22.9 Å². The number of fused-ring (bicyclic) bond motifs is 1. The third-order valence-corrected chi connectivity index (χ3v) is 4.38. The molecule has 0 unspecified atom stereocenters. The second kappa shape index (κ2) is 4.65. The molecule has 0 aromatic carbocycles. The van der Waals surface area contributed by atoms with Crippen molar-refractivity contribution in [2.75, 3.05) is 18.8 Å². The molecule has 0 bridgehead atoms. The van der Waals surface area contributed by atoms with Gasteiger partial charge < -0.3 is 20.3 Å². The third kappa shape index (κ3) is 1.92. The molecular formula is C11H12IN5O3. The number of nitrogen functional groups attached to an aromatic ring is 1. The van der Waals surface area contributed by atoms with Gasteiger partial charge in [0.2, 0.25) is 0 Å². The predicted octanol–water partition coefficient (Wildman–Crippen LogP) is 0.836. The highest BCUT2D eigenvalue weighted by molar-refractivity contribution is 14.1. The van der Waals surface area contributed by atoms with E-state index in [0.29, 0.717) is 30.4 Å². The summed E-state index contributed by atoms with van der Waals surface area (Å²) in [6.45, 7) is 0.839. The summed E-state index contributed by atoms with van der Waals surface area (Å²) < 4.78 is 2.65. The Hall–Kier alpha value is -1.78. The number of amides is 1. The van der Waals surface area contributed by atoms with Gasteiger partial charge in [-0.3, -0.25) is 4.79 Å². The summed E-state index contributed by atoms with van der Waals surface area (Å²) >= 11 is 2.10. The molecule has 4 N–H and O–H groups in total. The monoisotopic (exact) mass is 389 g/mol. The Morgan fingerprint density at radius 3 is 3.00 bits per heavy atom. The first kappa shape index (κ1) is 13.2. The maximum Gasteiger partial charge on any atom is 0.407 e. The van der Waals surface area contributed by atoms with E-state index in [4.69, 9.17) is 10.8 Å². The summed E-state index contributed by atoms with van der Waals surface area (Å²) in [7, 11) is 0. The van der Waals surface area contributed by atoms with Crippen LogP contribution in [-0.4, -0.2) is 44.0 Å². The maximum absolute atomic E-state index is 12.0. The van der Waals surface area contributed by atoms with Crippen molar-refractivity contribution >= 4 is 45.4 Å². The molecule has 3 heterocycles. The van der Waals surface area contributed by atoms with Crippen LogP contribution < -0.4 is 11.3 Å². The zero-order valence-electron chi connectivity index (χ0n) is 10.3. The summed E-state index contributed by atoms with van der Waals surface area (Å²) in [5, 5.41) is 15.8. The molecule has 1 saturated heterocycles. The molecule has 1 aliphatic heterocycles. The molecule has 8 nitrogen and oxygen atoms in total. The van der Waals surface area contributed by atoms with Gasteiger partial charge in [-0.2, -0.15) is 5.10 Å². The summed E-state index contributed by atoms with van der Waals surface area (Å²) in [6.07, 6.45) is 1.57. The van der Waals surface area contributed by atoms with Gasteiger partial charge in [-0.1, -0.05) is 0 Å². The topological polar surface area (TPSA) is 117 Å². The fraction of sp³-hybridized carbons (Fsp3) is 0.364. The van der Waals surface area contributed by atoms with Gasteiger partial charge >= 0.3 is 6.09 Å². The number of rotatable bonds is 1. The zero-order chi connectivity index (χ0) is 14.4. The summed E-state index contributed by atoms with van der Waals surface area (Å²) in [6, 6.07) is -0.0555. The number of nitrogens with one attached hydrogen (secondary N) is 1. The number of H-pyrrole nitrogens is 1. The minimum atomic E-state index is -0.936. The first-order chi connectivity index (χ1) is 9.49. The van der Waals surface area contributed by atoms with Crippen LogP contribution >= 0.6 is 22.6 Å². The maximum atomic E-state index is 12.0. The molecule has 2 aromatic rings. The lowest BCUT2D eigenvalue weighted by Crippen LogP contribution is -2.27. The highest BCUT2D eigenvalue weighted by Gasteiger charge is 2.29. The average molecular weight is 389 g/mol. The van der Waals surface area contributed by atoms with Crippen molar-refractivity contribution in [2.24, 2.45) is 0 Å². The van der Waals surface area contributed by atoms with Gasteiger partial charge in [-0.25, -0.2) is 9.89 Å². The van der Waals surface area contributed by atoms with E-state index >= 15 is 0 Å². The van der Waals surface area contributed by atoms with Crippen LogP contribution in [-0.2, 0) is 0 Å². The van der Waals surface area contributed by atoms with Crippen molar-refractivity contribution in [3.63, 3.8) is 0 Å². The number of likely N-dealkylation sites (tertiary alicyclic amines) is 1. The first-order valence-electron chi connectivity index (χ1n) is 6.01. The van der Waals surface area contributed by atoms with Crippen LogP contribution in [0.5, 0.6) is 0 Å². The van der Waals surface area contributed by atoms with E-state index in [-0.39, 0.29) is 17.4 Å². The average Bonchev–Trinajstić information content (AvgIpc) is 2.99. The normalized spacial score (nSPS) is 18.9. The molecule has 0 aliphatic carbocycles. The van der Waals surface area contributed by atoms with Gasteiger partial charge in [0.05, 0.1) is 11.4 Å². The van der Waals surface area contributed by atoms with Crippen molar-refractivity contribution in [3.05, 3.63) is 20.1 Å². The van der Waals surface area contributed by atoms with Crippen LogP contribution in [0.2, 0.25) is 0 Å². The Balaban J connectivity index is 2.12. The molecular weight excluding hydrogens is 377 g/mol. The fourth-order valence-electron chi connectivity index (χ4n) is 2.62. The van der Waals surface area contributed by atoms with Crippen molar-refractivity contribution < 1.29 is 9.90 Å². The predicted molar refractivity (Wildman–Crippen MR) is 80.7 cm³/mol. The van der Waals surface area contributed by atoms with Gasteiger partial charge in [-0.05, 0) is 29.0 Å². The van der Waals surface area contributed by atoms with Crippen molar-refractivity contribution in [3.8, 4) is 0 Å². The minimum absolute atomic E-state index is 0.0555. The second-order valence-electron chi connectivity index (χ2n) is 4.72. The Morgan fingerprint density at radius 1 is 1.60 bits per heavy atom. The minimum Gasteiger partial charge on any atom is -0.465 e. The molecule has 1 atom stereocenters.